The number of benzene rings is 3. The molecule has 2 amide bonds. The molecule has 3 aromatic rings. The molecular weight excluding hydrogens is 380 g/mol. The van der Waals surface area contributed by atoms with Gasteiger partial charge in [-0.05, 0) is 35.9 Å². The SMILES string of the molecule is COc1ccc(C(=O)Nc2ccccc2C(=O)N(C)Cc2ccccc2)cc1OC. The zero-order chi connectivity index (χ0) is 21.5. The van der Waals surface area contributed by atoms with Crippen molar-refractivity contribution in [2.45, 2.75) is 6.54 Å². The Hall–Kier alpha value is -3.80. The number of hydrogen-bond acceptors (Lipinski definition) is 4. The van der Waals surface area contributed by atoms with Gasteiger partial charge in [-0.2, -0.15) is 0 Å². The summed E-state index contributed by atoms with van der Waals surface area (Å²) < 4.78 is 10.5. The highest BCUT2D eigenvalue weighted by Crippen LogP contribution is 2.28. The van der Waals surface area contributed by atoms with Crippen molar-refractivity contribution in [2.75, 3.05) is 26.6 Å². The van der Waals surface area contributed by atoms with E-state index in [-0.39, 0.29) is 11.8 Å². The van der Waals surface area contributed by atoms with Gasteiger partial charge in [0.2, 0.25) is 0 Å². The van der Waals surface area contributed by atoms with Crippen LogP contribution < -0.4 is 14.8 Å². The number of carbonyl (C=O) groups is 2. The van der Waals surface area contributed by atoms with E-state index in [1.54, 1.807) is 54.4 Å². The summed E-state index contributed by atoms with van der Waals surface area (Å²) in [6, 6.07) is 21.6. The van der Waals surface area contributed by atoms with Gasteiger partial charge < -0.3 is 19.7 Å². The summed E-state index contributed by atoms with van der Waals surface area (Å²) in [6.45, 7) is 0.470. The molecule has 0 aliphatic carbocycles. The van der Waals surface area contributed by atoms with Crippen LogP contribution in [0.5, 0.6) is 11.5 Å². The van der Waals surface area contributed by atoms with Gasteiger partial charge in [0.25, 0.3) is 11.8 Å². The van der Waals surface area contributed by atoms with E-state index in [4.69, 9.17) is 9.47 Å². The predicted octanol–water partition coefficient (Wildman–Crippen LogP) is 4.23. The molecule has 3 aromatic carbocycles. The summed E-state index contributed by atoms with van der Waals surface area (Å²) in [7, 11) is 4.78. The van der Waals surface area contributed by atoms with Crippen molar-refractivity contribution >= 4 is 17.5 Å². The summed E-state index contributed by atoms with van der Waals surface area (Å²) in [5, 5.41) is 2.83. The maximum Gasteiger partial charge on any atom is 0.256 e. The molecule has 0 saturated heterocycles. The molecule has 1 N–H and O–H groups in total. The number of hydrogen-bond donors (Lipinski definition) is 1. The topological polar surface area (TPSA) is 67.9 Å². The molecule has 0 radical (unpaired) electrons. The Balaban J connectivity index is 1.79. The summed E-state index contributed by atoms with van der Waals surface area (Å²) in [5.74, 6) is 0.466. The number of nitrogens with zero attached hydrogens (tertiary/aromatic N) is 1. The van der Waals surface area contributed by atoms with E-state index < -0.39 is 0 Å². The number of rotatable bonds is 7. The zero-order valence-corrected chi connectivity index (χ0v) is 17.2. The van der Waals surface area contributed by atoms with E-state index in [9.17, 15) is 9.59 Å². The third-order valence-electron chi connectivity index (χ3n) is 4.66. The van der Waals surface area contributed by atoms with E-state index >= 15 is 0 Å². The van der Waals surface area contributed by atoms with Gasteiger partial charge in [0, 0.05) is 19.2 Å². The third-order valence-corrected chi connectivity index (χ3v) is 4.66. The monoisotopic (exact) mass is 404 g/mol. The second kappa shape index (κ2) is 9.60. The Bertz CT molecular complexity index is 1030. The van der Waals surface area contributed by atoms with Crippen LogP contribution in [0.3, 0.4) is 0 Å². The molecule has 0 aliphatic rings. The average molecular weight is 404 g/mol. The lowest BCUT2D eigenvalue weighted by Crippen LogP contribution is -2.27. The first kappa shape index (κ1) is 20.9. The van der Waals surface area contributed by atoms with E-state index in [0.29, 0.717) is 34.9 Å². The van der Waals surface area contributed by atoms with Crippen molar-refractivity contribution < 1.29 is 19.1 Å². The largest absolute Gasteiger partial charge is 0.493 e. The number of para-hydroxylation sites is 1. The van der Waals surface area contributed by atoms with Crippen molar-refractivity contribution in [3.05, 3.63) is 89.5 Å². The van der Waals surface area contributed by atoms with Gasteiger partial charge in [-0.15, -0.1) is 0 Å². The molecule has 6 nitrogen and oxygen atoms in total. The van der Waals surface area contributed by atoms with Crippen LogP contribution in [-0.4, -0.2) is 38.0 Å². The number of carbonyl (C=O) groups excluding carboxylic acids is 2. The minimum absolute atomic E-state index is 0.179. The van der Waals surface area contributed by atoms with E-state index in [1.807, 2.05) is 30.3 Å². The fourth-order valence-electron chi connectivity index (χ4n) is 3.09. The van der Waals surface area contributed by atoms with E-state index in [1.165, 1.54) is 14.2 Å². The lowest BCUT2D eigenvalue weighted by Gasteiger charge is -2.19. The second-order valence-electron chi connectivity index (χ2n) is 6.72. The van der Waals surface area contributed by atoms with Gasteiger partial charge in [-0.3, -0.25) is 9.59 Å². The fraction of sp³-hybridized carbons (Fsp3) is 0.167. The molecule has 3 rings (SSSR count). The maximum absolute atomic E-state index is 13.0. The summed E-state index contributed by atoms with van der Waals surface area (Å²) in [4.78, 5) is 27.4. The van der Waals surface area contributed by atoms with Crippen LogP contribution in [0.1, 0.15) is 26.3 Å². The van der Waals surface area contributed by atoms with Gasteiger partial charge in [-0.1, -0.05) is 42.5 Å². The smallest absolute Gasteiger partial charge is 0.256 e. The number of anilines is 1. The van der Waals surface area contributed by atoms with Crippen molar-refractivity contribution in [3.63, 3.8) is 0 Å². The third kappa shape index (κ3) is 4.78. The van der Waals surface area contributed by atoms with Crippen molar-refractivity contribution in [2.24, 2.45) is 0 Å². The highest BCUT2D eigenvalue weighted by molar-refractivity contribution is 6.09. The zero-order valence-electron chi connectivity index (χ0n) is 17.2. The molecule has 30 heavy (non-hydrogen) atoms. The minimum atomic E-state index is -0.345. The van der Waals surface area contributed by atoms with Crippen LogP contribution in [0, 0.1) is 0 Å². The molecule has 0 bridgehead atoms. The summed E-state index contributed by atoms with van der Waals surface area (Å²) >= 11 is 0. The molecule has 0 aliphatic heterocycles. The fourth-order valence-corrected chi connectivity index (χ4v) is 3.09. The molecular formula is C24H24N2O4. The number of nitrogens with one attached hydrogen (secondary N) is 1. The molecule has 0 spiro atoms. The maximum atomic E-state index is 13.0. The Morgan fingerprint density at radius 3 is 2.23 bits per heavy atom. The van der Waals surface area contributed by atoms with Crippen LogP contribution in [0.2, 0.25) is 0 Å². The molecule has 0 heterocycles. The molecule has 0 aromatic heterocycles. The predicted molar refractivity (Wildman–Crippen MR) is 116 cm³/mol. The standard InChI is InChI=1S/C24H24N2O4/c1-26(16-17-9-5-4-6-10-17)24(28)19-11-7-8-12-20(19)25-23(27)18-13-14-21(29-2)22(15-18)30-3/h4-15H,16H2,1-3H3,(H,25,27). The van der Waals surface area contributed by atoms with Crippen LogP contribution in [0.4, 0.5) is 5.69 Å². The highest BCUT2D eigenvalue weighted by atomic mass is 16.5. The van der Waals surface area contributed by atoms with Crippen LogP contribution in [-0.2, 0) is 6.54 Å². The van der Waals surface area contributed by atoms with E-state index in [0.717, 1.165) is 5.56 Å². The Morgan fingerprint density at radius 2 is 1.53 bits per heavy atom. The van der Waals surface area contributed by atoms with Crippen LogP contribution >= 0.6 is 0 Å². The van der Waals surface area contributed by atoms with E-state index in [2.05, 4.69) is 5.32 Å². The van der Waals surface area contributed by atoms with Crippen molar-refractivity contribution in [1.29, 1.82) is 0 Å². The first-order valence-electron chi connectivity index (χ1n) is 9.45. The normalized spacial score (nSPS) is 10.2. The first-order valence-corrected chi connectivity index (χ1v) is 9.45. The second-order valence-corrected chi connectivity index (χ2v) is 6.72. The molecule has 0 atom stereocenters. The number of ether oxygens (including phenoxy) is 2. The van der Waals surface area contributed by atoms with Crippen molar-refractivity contribution in [1.82, 2.24) is 4.90 Å². The van der Waals surface area contributed by atoms with Crippen LogP contribution in [0.25, 0.3) is 0 Å². The average Bonchev–Trinajstić information content (AvgIpc) is 2.79. The number of amides is 2. The minimum Gasteiger partial charge on any atom is -0.493 e. The van der Waals surface area contributed by atoms with Crippen LogP contribution in [0.15, 0.2) is 72.8 Å². The van der Waals surface area contributed by atoms with Crippen molar-refractivity contribution in [3.8, 4) is 11.5 Å². The Labute approximate surface area is 176 Å². The summed E-state index contributed by atoms with van der Waals surface area (Å²) in [6.07, 6.45) is 0. The number of methoxy groups -OCH3 is 2. The molecule has 6 heteroatoms. The lowest BCUT2D eigenvalue weighted by atomic mass is 10.1. The Morgan fingerprint density at radius 1 is 0.867 bits per heavy atom. The van der Waals surface area contributed by atoms with Gasteiger partial charge in [0.1, 0.15) is 0 Å². The lowest BCUT2D eigenvalue weighted by molar-refractivity contribution is 0.0786. The van der Waals surface area contributed by atoms with Gasteiger partial charge in [0.15, 0.2) is 11.5 Å². The molecule has 0 unspecified atom stereocenters. The van der Waals surface area contributed by atoms with Gasteiger partial charge >= 0.3 is 0 Å². The quantitative estimate of drug-likeness (QED) is 0.640. The first-order chi connectivity index (χ1) is 14.5. The Kier molecular flexibility index (Phi) is 6.70. The highest BCUT2D eigenvalue weighted by Gasteiger charge is 2.18. The van der Waals surface area contributed by atoms with Gasteiger partial charge in [0.05, 0.1) is 25.5 Å². The molecule has 0 fully saturated rings. The molecule has 0 saturated carbocycles. The van der Waals surface area contributed by atoms with Gasteiger partial charge in [-0.25, -0.2) is 0 Å². The molecule has 154 valence electrons. The summed E-state index contributed by atoms with van der Waals surface area (Å²) in [5.41, 5.74) is 2.29.